The van der Waals surface area contributed by atoms with Gasteiger partial charge in [0.15, 0.2) is 0 Å². The van der Waals surface area contributed by atoms with Gasteiger partial charge in [0.1, 0.15) is 6.29 Å². The van der Waals surface area contributed by atoms with Gasteiger partial charge in [0.05, 0.1) is 0 Å². The molecular formula is C21H25NO. The first kappa shape index (κ1) is 15.9. The van der Waals surface area contributed by atoms with Crippen LogP contribution in [-0.4, -0.2) is 23.8 Å². The summed E-state index contributed by atoms with van der Waals surface area (Å²) in [5.41, 5.74) is 4.97. The molecule has 0 saturated heterocycles. The van der Waals surface area contributed by atoms with Crippen molar-refractivity contribution in [2.75, 3.05) is 6.54 Å². The molecule has 3 rings (SSSR count). The SMILES string of the molecule is CCCN(Cc1ccccc1)[C@@H]1CCc2cc(C=O)ccc2C1. The van der Waals surface area contributed by atoms with Crippen molar-refractivity contribution in [1.82, 2.24) is 4.90 Å². The molecule has 2 nitrogen and oxygen atoms in total. The van der Waals surface area contributed by atoms with Gasteiger partial charge in [-0.25, -0.2) is 0 Å². The number of rotatable bonds is 6. The van der Waals surface area contributed by atoms with Crippen LogP contribution in [0, 0.1) is 0 Å². The fraction of sp³-hybridized carbons (Fsp3) is 0.381. The summed E-state index contributed by atoms with van der Waals surface area (Å²) in [4.78, 5) is 13.6. The van der Waals surface area contributed by atoms with Crippen LogP contribution >= 0.6 is 0 Å². The highest BCUT2D eigenvalue weighted by molar-refractivity contribution is 5.75. The summed E-state index contributed by atoms with van der Waals surface area (Å²) in [6.07, 6.45) is 5.49. The number of fused-ring (bicyclic) bond motifs is 1. The fourth-order valence-electron chi connectivity index (χ4n) is 3.64. The largest absolute Gasteiger partial charge is 0.298 e. The van der Waals surface area contributed by atoms with E-state index in [2.05, 4.69) is 54.3 Å². The first-order chi connectivity index (χ1) is 11.3. The minimum Gasteiger partial charge on any atom is -0.298 e. The predicted molar refractivity (Wildman–Crippen MR) is 94.8 cm³/mol. The number of hydrogen-bond donors (Lipinski definition) is 0. The Kier molecular flexibility index (Phi) is 5.24. The van der Waals surface area contributed by atoms with Crippen LogP contribution in [0.5, 0.6) is 0 Å². The Balaban J connectivity index is 1.74. The Hall–Kier alpha value is -1.93. The molecule has 0 amide bonds. The number of aryl methyl sites for hydroxylation is 1. The zero-order chi connectivity index (χ0) is 16.1. The molecule has 2 aromatic rings. The van der Waals surface area contributed by atoms with E-state index in [0.29, 0.717) is 6.04 Å². The van der Waals surface area contributed by atoms with Crippen molar-refractivity contribution in [3.05, 3.63) is 70.8 Å². The van der Waals surface area contributed by atoms with E-state index in [-0.39, 0.29) is 0 Å². The summed E-state index contributed by atoms with van der Waals surface area (Å²) in [6.45, 7) is 4.42. The van der Waals surface area contributed by atoms with E-state index in [9.17, 15) is 4.79 Å². The van der Waals surface area contributed by atoms with Crippen LogP contribution in [0.15, 0.2) is 48.5 Å². The van der Waals surface area contributed by atoms with Gasteiger partial charge in [-0.1, -0.05) is 49.4 Å². The van der Waals surface area contributed by atoms with E-state index in [1.54, 1.807) is 0 Å². The molecular weight excluding hydrogens is 282 g/mol. The molecule has 2 aromatic carbocycles. The third-order valence-electron chi connectivity index (χ3n) is 4.82. The molecule has 23 heavy (non-hydrogen) atoms. The molecule has 1 aliphatic carbocycles. The number of carbonyl (C=O) groups is 1. The van der Waals surface area contributed by atoms with Gasteiger partial charge >= 0.3 is 0 Å². The maximum absolute atomic E-state index is 10.9. The summed E-state index contributed by atoms with van der Waals surface area (Å²) >= 11 is 0. The number of nitrogens with zero attached hydrogens (tertiary/aromatic N) is 1. The maximum Gasteiger partial charge on any atom is 0.150 e. The molecule has 0 N–H and O–H groups in total. The van der Waals surface area contributed by atoms with E-state index in [1.807, 2.05) is 6.07 Å². The molecule has 0 radical (unpaired) electrons. The fourth-order valence-corrected chi connectivity index (χ4v) is 3.64. The average Bonchev–Trinajstić information content (AvgIpc) is 2.61. The monoisotopic (exact) mass is 307 g/mol. The molecule has 1 aliphatic rings. The molecule has 0 aliphatic heterocycles. The summed E-state index contributed by atoms with van der Waals surface area (Å²) in [7, 11) is 0. The van der Waals surface area contributed by atoms with Gasteiger partial charge in [-0.2, -0.15) is 0 Å². The molecule has 0 unspecified atom stereocenters. The second-order valence-corrected chi connectivity index (χ2v) is 6.50. The molecule has 0 bridgehead atoms. The number of carbonyl (C=O) groups excluding carboxylic acids is 1. The van der Waals surface area contributed by atoms with Crippen molar-refractivity contribution in [3.63, 3.8) is 0 Å². The highest BCUT2D eigenvalue weighted by Gasteiger charge is 2.24. The Labute approximate surface area is 139 Å². The van der Waals surface area contributed by atoms with E-state index >= 15 is 0 Å². The van der Waals surface area contributed by atoms with Crippen LogP contribution in [0.25, 0.3) is 0 Å². The van der Waals surface area contributed by atoms with Crippen molar-refractivity contribution in [2.45, 2.75) is 45.2 Å². The van der Waals surface area contributed by atoms with Gasteiger partial charge < -0.3 is 0 Å². The van der Waals surface area contributed by atoms with Crippen LogP contribution in [0.3, 0.4) is 0 Å². The van der Waals surface area contributed by atoms with Gasteiger partial charge in [0, 0.05) is 18.2 Å². The molecule has 120 valence electrons. The minimum absolute atomic E-state index is 0.602. The normalized spacial score (nSPS) is 17.0. The maximum atomic E-state index is 10.9. The lowest BCUT2D eigenvalue weighted by Gasteiger charge is -2.35. The number of aldehydes is 1. The standard InChI is InChI=1S/C21H25NO/c1-2-12-22(15-17-6-4-3-5-7-17)21-11-10-19-13-18(16-23)8-9-20(19)14-21/h3-9,13,16,21H,2,10-12,14-15H2,1H3/t21-/m1/s1. The minimum atomic E-state index is 0.602. The van der Waals surface area contributed by atoms with Crippen LogP contribution < -0.4 is 0 Å². The second-order valence-electron chi connectivity index (χ2n) is 6.50. The second kappa shape index (κ2) is 7.56. The van der Waals surface area contributed by atoms with Crippen LogP contribution in [0.1, 0.15) is 46.8 Å². The molecule has 0 aromatic heterocycles. The highest BCUT2D eigenvalue weighted by Crippen LogP contribution is 2.26. The van der Waals surface area contributed by atoms with Crippen LogP contribution in [-0.2, 0) is 19.4 Å². The van der Waals surface area contributed by atoms with E-state index < -0.39 is 0 Å². The zero-order valence-corrected chi connectivity index (χ0v) is 13.9. The zero-order valence-electron chi connectivity index (χ0n) is 13.9. The Bertz CT molecular complexity index is 650. The summed E-state index contributed by atoms with van der Waals surface area (Å²) in [5, 5.41) is 0. The average molecular weight is 307 g/mol. The van der Waals surface area contributed by atoms with Gasteiger partial charge in [-0.15, -0.1) is 0 Å². The molecule has 0 heterocycles. The molecule has 0 spiro atoms. The van der Waals surface area contributed by atoms with Gasteiger partial charge in [0.2, 0.25) is 0 Å². The smallest absolute Gasteiger partial charge is 0.150 e. The van der Waals surface area contributed by atoms with Crippen molar-refractivity contribution in [3.8, 4) is 0 Å². The van der Waals surface area contributed by atoms with Crippen molar-refractivity contribution >= 4 is 6.29 Å². The highest BCUT2D eigenvalue weighted by atomic mass is 16.1. The molecule has 0 saturated carbocycles. The van der Waals surface area contributed by atoms with Crippen molar-refractivity contribution in [2.24, 2.45) is 0 Å². The Morgan fingerprint density at radius 2 is 1.96 bits per heavy atom. The first-order valence-corrected chi connectivity index (χ1v) is 8.65. The lowest BCUT2D eigenvalue weighted by Crippen LogP contribution is -2.39. The molecule has 2 heteroatoms. The first-order valence-electron chi connectivity index (χ1n) is 8.65. The summed E-state index contributed by atoms with van der Waals surface area (Å²) in [6, 6.07) is 17.5. The predicted octanol–water partition coefficient (Wildman–Crippen LogP) is 4.27. The van der Waals surface area contributed by atoms with E-state index in [1.165, 1.54) is 29.5 Å². The number of benzene rings is 2. The van der Waals surface area contributed by atoms with Crippen molar-refractivity contribution in [1.29, 1.82) is 0 Å². The molecule has 1 atom stereocenters. The van der Waals surface area contributed by atoms with E-state index in [4.69, 9.17) is 0 Å². The van der Waals surface area contributed by atoms with Crippen LogP contribution in [0.2, 0.25) is 0 Å². The van der Waals surface area contributed by atoms with Gasteiger partial charge in [-0.05, 0) is 55.0 Å². The lowest BCUT2D eigenvalue weighted by atomic mass is 9.86. The third-order valence-corrected chi connectivity index (χ3v) is 4.82. The third kappa shape index (κ3) is 3.89. The summed E-state index contributed by atoms with van der Waals surface area (Å²) in [5.74, 6) is 0. The van der Waals surface area contributed by atoms with E-state index in [0.717, 1.165) is 37.8 Å². The van der Waals surface area contributed by atoms with Crippen LogP contribution in [0.4, 0.5) is 0 Å². The lowest BCUT2D eigenvalue weighted by molar-refractivity contribution is 0.112. The molecule has 0 fully saturated rings. The Morgan fingerprint density at radius 1 is 1.13 bits per heavy atom. The Morgan fingerprint density at radius 3 is 2.70 bits per heavy atom. The topological polar surface area (TPSA) is 20.3 Å². The number of hydrogen-bond acceptors (Lipinski definition) is 2. The van der Waals surface area contributed by atoms with Crippen molar-refractivity contribution < 1.29 is 4.79 Å². The van der Waals surface area contributed by atoms with Gasteiger partial charge in [-0.3, -0.25) is 9.69 Å². The quantitative estimate of drug-likeness (QED) is 0.743. The van der Waals surface area contributed by atoms with Gasteiger partial charge in [0.25, 0.3) is 0 Å². The summed E-state index contributed by atoms with van der Waals surface area (Å²) < 4.78 is 0.